The van der Waals surface area contributed by atoms with Crippen molar-refractivity contribution in [3.63, 3.8) is 0 Å². The summed E-state index contributed by atoms with van der Waals surface area (Å²) in [5, 5.41) is 1.27. The molecule has 0 radical (unpaired) electrons. The maximum Gasteiger partial charge on any atom is 0.412 e. The summed E-state index contributed by atoms with van der Waals surface area (Å²) in [5.74, 6) is 0.855. The van der Waals surface area contributed by atoms with Crippen LogP contribution in [0.25, 0.3) is 0 Å². The number of ether oxygens (including phenoxy) is 2. The first-order valence-corrected chi connectivity index (χ1v) is 10.4. The van der Waals surface area contributed by atoms with Gasteiger partial charge < -0.3 is 9.47 Å². The van der Waals surface area contributed by atoms with E-state index in [1.54, 1.807) is 11.9 Å². The Morgan fingerprint density at radius 3 is 2.43 bits per heavy atom. The molecule has 2 rings (SSSR count). The van der Waals surface area contributed by atoms with Gasteiger partial charge in [-0.05, 0) is 59.3 Å². The molecule has 2 aliphatic rings. The molecule has 0 aromatic rings. The number of hydrogen-bond donors (Lipinski definition) is 0. The van der Waals surface area contributed by atoms with Gasteiger partial charge in [0.05, 0.1) is 19.8 Å². The van der Waals surface area contributed by atoms with Crippen LogP contribution in [0.5, 0.6) is 0 Å². The van der Waals surface area contributed by atoms with Gasteiger partial charge in [0, 0.05) is 13.5 Å². The van der Waals surface area contributed by atoms with Gasteiger partial charge in [0.15, 0.2) is 0 Å². The molecule has 2 amide bonds. The largest absolute Gasteiger partial charge is 0.444 e. The lowest BCUT2D eigenvalue weighted by atomic mass is 9.70. The zero-order chi connectivity index (χ0) is 21.1. The molecule has 1 saturated heterocycles. The SMILES string of the molecule is CON(C)C(=O)CCC[C@H](C1CCC1)[C@H]1COC(C)(C)N1C(=O)OC(C)(C)C. The molecule has 2 atom stereocenters. The zero-order valence-electron chi connectivity index (χ0n) is 18.6. The van der Waals surface area contributed by atoms with Crippen molar-refractivity contribution in [1.29, 1.82) is 0 Å². The van der Waals surface area contributed by atoms with E-state index in [9.17, 15) is 9.59 Å². The zero-order valence-corrected chi connectivity index (χ0v) is 18.6. The topological polar surface area (TPSA) is 68.3 Å². The summed E-state index contributed by atoms with van der Waals surface area (Å²) < 4.78 is 11.7. The first-order valence-electron chi connectivity index (χ1n) is 10.4. The Balaban J connectivity index is 2.10. The molecule has 1 heterocycles. The number of nitrogens with zero attached hydrogens (tertiary/aromatic N) is 2. The van der Waals surface area contributed by atoms with Crippen molar-refractivity contribution in [2.75, 3.05) is 20.8 Å². The van der Waals surface area contributed by atoms with E-state index in [1.807, 2.05) is 34.6 Å². The van der Waals surface area contributed by atoms with Crippen LogP contribution in [0.15, 0.2) is 0 Å². The molecule has 162 valence electrons. The molecule has 1 saturated carbocycles. The van der Waals surface area contributed by atoms with Crippen LogP contribution in [-0.4, -0.2) is 60.1 Å². The summed E-state index contributed by atoms with van der Waals surface area (Å²) in [6.45, 7) is 10.00. The highest BCUT2D eigenvalue weighted by atomic mass is 16.7. The molecule has 0 spiro atoms. The smallest absolute Gasteiger partial charge is 0.412 e. The molecule has 0 aromatic carbocycles. The Bertz CT molecular complexity index is 553. The Hall–Kier alpha value is -1.34. The third-order valence-electron chi connectivity index (χ3n) is 5.91. The van der Waals surface area contributed by atoms with Crippen LogP contribution in [0, 0.1) is 11.8 Å². The average Bonchev–Trinajstić information content (AvgIpc) is 2.84. The molecule has 7 heteroatoms. The third kappa shape index (κ3) is 5.60. The lowest BCUT2D eigenvalue weighted by molar-refractivity contribution is -0.168. The minimum Gasteiger partial charge on any atom is -0.444 e. The molecular formula is C21H38N2O5. The van der Waals surface area contributed by atoms with Gasteiger partial charge >= 0.3 is 6.09 Å². The second kappa shape index (κ2) is 8.99. The summed E-state index contributed by atoms with van der Waals surface area (Å²) in [6.07, 6.45) is 5.36. The van der Waals surface area contributed by atoms with Crippen molar-refractivity contribution in [3.05, 3.63) is 0 Å². The van der Waals surface area contributed by atoms with Crippen LogP contribution in [0.3, 0.4) is 0 Å². The van der Waals surface area contributed by atoms with E-state index in [2.05, 4.69) is 0 Å². The van der Waals surface area contributed by atoms with Crippen molar-refractivity contribution < 1.29 is 23.9 Å². The van der Waals surface area contributed by atoms with E-state index < -0.39 is 11.3 Å². The molecule has 7 nitrogen and oxygen atoms in total. The molecule has 0 aromatic heterocycles. The van der Waals surface area contributed by atoms with Gasteiger partial charge in [0.2, 0.25) is 5.91 Å². The van der Waals surface area contributed by atoms with Gasteiger partial charge in [0.1, 0.15) is 11.3 Å². The average molecular weight is 399 g/mol. The fourth-order valence-corrected chi connectivity index (χ4v) is 4.17. The number of carbonyl (C=O) groups excluding carboxylic acids is 2. The van der Waals surface area contributed by atoms with Crippen LogP contribution in [0.4, 0.5) is 4.79 Å². The van der Waals surface area contributed by atoms with E-state index in [0.29, 0.717) is 24.9 Å². The van der Waals surface area contributed by atoms with Gasteiger partial charge in [-0.15, -0.1) is 0 Å². The van der Waals surface area contributed by atoms with Gasteiger partial charge in [-0.1, -0.05) is 19.3 Å². The molecule has 0 unspecified atom stereocenters. The standard InChI is InChI=1S/C21H38N2O5/c1-20(2,3)28-19(25)23-17(14-27-21(23,4)5)16(15-10-8-11-15)12-9-13-18(24)22(6)26-7/h15-17H,8-14H2,1-7H3/t16-,17-/m1/s1. The van der Waals surface area contributed by atoms with Crippen LogP contribution < -0.4 is 0 Å². The number of carbonyl (C=O) groups is 2. The Morgan fingerprint density at radius 2 is 1.93 bits per heavy atom. The molecule has 2 fully saturated rings. The first-order chi connectivity index (χ1) is 13.0. The second-order valence-electron chi connectivity index (χ2n) is 9.50. The van der Waals surface area contributed by atoms with Gasteiger partial charge in [0.25, 0.3) is 0 Å². The highest BCUT2D eigenvalue weighted by Gasteiger charge is 2.50. The van der Waals surface area contributed by atoms with Crippen molar-refractivity contribution >= 4 is 12.0 Å². The summed E-state index contributed by atoms with van der Waals surface area (Å²) in [5.41, 5.74) is -1.25. The minimum absolute atomic E-state index is 0.0228. The van der Waals surface area contributed by atoms with Gasteiger partial charge in [-0.3, -0.25) is 14.5 Å². The van der Waals surface area contributed by atoms with Crippen molar-refractivity contribution in [2.45, 2.75) is 90.5 Å². The van der Waals surface area contributed by atoms with Crippen molar-refractivity contribution in [3.8, 4) is 0 Å². The summed E-state index contributed by atoms with van der Waals surface area (Å²) in [6, 6.07) is -0.0228. The van der Waals surface area contributed by atoms with Gasteiger partial charge in [-0.25, -0.2) is 9.86 Å². The molecule has 28 heavy (non-hydrogen) atoms. The normalized spacial score (nSPS) is 23.2. The van der Waals surface area contributed by atoms with E-state index >= 15 is 0 Å². The summed E-state index contributed by atoms with van der Waals surface area (Å²) in [4.78, 5) is 31.8. The third-order valence-corrected chi connectivity index (χ3v) is 5.91. The molecule has 0 N–H and O–H groups in total. The summed E-state index contributed by atoms with van der Waals surface area (Å²) >= 11 is 0. The predicted molar refractivity (Wildman–Crippen MR) is 106 cm³/mol. The highest BCUT2D eigenvalue weighted by Crippen LogP contribution is 2.43. The minimum atomic E-state index is -0.693. The number of rotatable bonds is 7. The van der Waals surface area contributed by atoms with E-state index in [4.69, 9.17) is 14.3 Å². The second-order valence-corrected chi connectivity index (χ2v) is 9.50. The fraction of sp³-hybridized carbons (Fsp3) is 0.905. The van der Waals surface area contributed by atoms with E-state index in [0.717, 1.165) is 12.8 Å². The quantitative estimate of drug-likeness (QED) is 0.607. The predicted octanol–water partition coefficient (Wildman–Crippen LogP) is 3.96. The maximum absolute atomic E-state index is 13.0. The lowest BCUT2D eigenvalue weighted by Gasteiger charge is -2.42. The molecular weight excluding hydrogens is 360 g/mol. The van der Waals surface area contributed by atoms with Crippen LogP contribution in [0.2, 0.25) is 0 Å². The van der Waals surface area contributed by atoms with Crippen LogP contribution in [-0.2, 0) is 19.1 Å². The van der Waals surface area contributed by atoms with Crippen molar-refractivity contribution in [2.24, 2.45) is 11.8 Å². The first kappa shape index (κ1) is 22.9. The molecule has 1 aliphatic carbocycles. The monoisotopic (exact) mass is 398 g/mol. The number of amides is 2. The lowest BCUT2D eigenvalue weighted by Crippen LogP contribution is -2.53. The number of hydrogen-bond acceptors (Lipinski definition) is 5. The Labute approximate surface area is 169 Å². The highest BCUT2D eigenvalue weighted by molar-refractivity contribution is 5.74. The Kier molecular flexibility index (Phi) is 7.37. The van der Waals surface area contributed by atoms with Crippen molar-refractivity contribution in [1.82, 2.24) is 9.96 Å². The summed E-state index contributed by atoms with van der Waals surface area (Å²) in [7, 11) is 3.12. The van der Waals surface area contributed by atoms with Crippen LogP contribution >= 0.6 is 0 Å². The van der Waals surface area contributed by atoms with E-state index in [1.165, 1.54) is 31.4 Å². The van der Waals surface area contributed by atoms with Gasteiger partial charge in [-0.2, -0.15) is 0 Å². The maximum atomic E-state index is 13.0. The Morgan fingerprint density at radius 1 is 1.29 bits per heavy atom. The fourth-order valence-electron chi connectivity index (χ4n) is 4.17. The number of hydroxylamine groups is 2. The van der Waals surface area contributed by atoms with E-state index in [-0.39, 0.29) is 18.0 Å². The van der Waals surface area contributed by atoms with Crippen LogP contribution in [0.1, 0.15) is 73.1 Å². The molecule has 0 bridgehead atoms. The molecule has 1 aliphatic heterocycles.